The number of Topliss-reactive ketones (excluding diaryl/α,β-unsaturated/α-hetero) is 1. The van der Waals surface area contributed by atoms with E-state index in [-0.39, 0.29) is 18.8 Å². The van der Waals surface area contributed by atoms with Gasteiger partial charge in [-0.1, -0.05) is 12.1 Å². The van der Waals surface area contributed by atoms with Gasteiger partial charge in [0.15, 0.2) is 5.78 Å². The molecule has 1 unspecified atom stereocenters. The summed E-state index contributed by atoms with van der Waals surface area (Å²) in [4.78, 5) is 33.7. The van der Waals surface area contributed by atoms with Gasteiger partial charge in [-0.15, -0.1) is 0 Å². The molecule has 0 aliphatic rings. The van der Waals surface area contributed by atoms with E-state index < -0.39 is 18.0 Å². The first-order valence-corrected chi connectivity index (χ1v) is 5.96. The highest BCUT2D eigenvalue weighted by Gasteiger charge is 2.19. The van der Waals surface area contributed by atoms with Crippen LogP contribution in [0.3, 0.4) is 0 Å². The van der Waals surface area contributed by atoms with Crippen LogP contribution in [0, 0.1) is 0 Å². The van der Waals surface area contributed by atoms with Gasteiger partial charge in [-0.05, 0) is 19.1 Å². The fourth-order valence-electron chi connectivity index (χ4n) is 1.53. The molecule has 0 heterocycles. The van der Waals surface area contributed by atoms with Crippen LogP contribution in [0.1, 0.15) is 23.7 Å². The molecule has 1 aromatic carbocycles. The van der Waals surface area contributed by atoms with Crippen molar-refractivity contribution in [1.29, 1.82) is 0 Å². The van der Waals surface area contributed by atoms with Crippen LogP contribution in [-0.2, 0) is 4.79 Å². The number of carboxylic acids is 1. The second-order valence-corrected chi connectivity index (χ2v) is 4.14. The average Bonchev–Trinajstić information content (AvgIpc) is 2.38. The average molecular weight is 280 g/mol. The second kappa shape index (κ2) is 7.25. The molecule has 20 heavy (non-hydrogen) atoms. The molecule has 0 saturated carbocycles. The van der Waals surface area contributed by atoms with Gasteiger partial charge in [0.1, 0.15) is 6.04 Å². The highest BCUT2D eigenvalue weighted by atomic mass is 16.4. The standard InChI is InChI=1S/C13H16N2O5/c1-8(17)9-3-2-4-10(7-9)14-13(20)15-11(5-6-16)12(18)19/h2-4,7,11,16H,5-6H2,1H3,(H,18,19)(H2,14,15,20). The lowest BCUT2D eigenvalue weighted by Gasteiger charge is -2.14. The first-order valence-electron chi connectivity index (χ1n) is 5.96. The maximum absolute atomic E-state index is 11.6. The van der Waals surface area contributed by atoms with Crippen LogP contribution in [0.2, 0.25) is 0 Å². The summed E-state index contributed by atoms with van der Waals surface area (Å²) in [6.45, 7) is 1.05. The molecule has 7 nitrogen and oxygen atoms in total. The number of carbonyl (C=O) groups is 3. The first kappa shape index (κ1) is 15.6. The number of hydrogen-bond donors (Lipinski definition) is 4. The number of aliphatic hydroxyl groups is 1. The van der Waals surface area contributed by atoms with Crippen LogP contribution < -0.4 is 10.6 Å². The molecular formula is C13H16N2O5. The molecule has 0 bridgehead atoms. The Kier molecular flexibility index (Phi) is 5.67. The third-order valence-corrected chi connectivity index (χ3v) is 2.55. The maximum Gasteiger partial charge on any atom is 0.326 e. The van der Waals surface area contributed by atoms with Crippen molar-refractivity contribution < 1.29 is 24.6 Å². The normalized spacial score (nSPS) is 11.5. The topological polar surface area (TPSA) is 116 Å². The van der Waals surface area contributed by atoms with E-state index in [0.717, 1.165) is 0 Å². The SMILES string of the molecule is CC(=O)c1cccc(NC(=O)NC(CCO)C(=O)O)c1. The van der Waals surface area contributed by atoms with E-state index in [0.29, 0.717) is 11.3 Å². The zero-order chi connectivity index (χ0) is 15.1. The van der Waals surface area contributed by atoms with Crippen molar-refractivity contribution in [1.82, 2.24) is 5.32 Å². The molecule has 1 atom stereocenters. The number of aliphatic carboxylic acids is 1. The maximum atomic E-state index is 11.6. The van der Waals surface area contributed by atoms with Crippen LogP contribution in [0.25, 0.3) is 0 Å². The summed E-state index contributed by atoms with van der Waals surface area (Å²) in [5.74, 6) is -1.37. The summed E-state index contributed by atoms with van der Waals surface area (Å²) >= 11 is 0. The van der Waals surface area contributed by atoms with Crippen LogP contribution in [0.4, 0.5) is 10.5 Å². The monoisotopic (exact) mass is 280 g/mol. The molecule has 0 spiro atoms. The second-order valence-electron chi connectivity index (χ2n) is 4.14. The Morgan fingerprint density at radius 1 is 1.30 bits per heavy atom. The lowest BCUT2D eigenvalue weighted by molar-refractivity contribution is -0.139. The number of aliphatic hydroxyl groups excluding tert-OH is 1. The van der Waals surface area contributed by atoms with Gasteiger partial charge in [0.05, 0.1) is 0 Å². The summed E-state index contributed by atoms with van der Waals surface area (Å²) in [5.41, 5.74) is 0.816. The van der Waals surface area contributed by atoms with Gasteiger partial charge in [-0.2, -0.15) is 0 Å². The van der Waals surface area contributed by atoms with Crippen LogP contribution >= 0.6 is 0 Å². The smallest absolute Gasteiger partial charge is 0.326 e. The Balaban J connectivity index is 2.68. The Labute approximate surface area is 115 Å². The molecule has 1 aromatic rings. The minimum absolute atomic E-state index is 0.0871. The molecule has 7 heteroatoms. The van der Waals surface area contributed by atoms with E-state index in [2.05, 4.69) is 10.6 Å². The molecule has 0 radical (unpaired) electrons. The zero-order valence-electron chi connectivity index (χ0n) is 10.9. The van der Waals surface area contributed by atoms with Crippen molar-refractivity contribution in [3.63, 3.8) is 0 Å². The summed E-state index contributed by atoms with van der Waals surface area (Å²) in [6, 6.07) is 4.39. The van der Waals surface area contributed by atoms with Gasteiger partial charge < -0.3 is 20.8 Å². The van der Waals surface area contributed by atoms with E-state index >= 15 is 0 Å². The zero-order valence-corrected chi connectivity index (χ0v) is 10.9. The first-order chi connectivity index (χ1) is 9.43. The number of carbonyl (C=O) groups excluding carboxylic acids is 2. The van der Waals surface area contributed by atoms with E-state index in [9.17, 15) is 14.4 Å². The summed E-state index contributed by atoms with van der Waals surface area (Å²) < 4.78 is 0. The quantitative estimate of drug-likeness (QED) is 0.576. The van der Waals surface area contributed by atoms with Crippen LogP contribution in [-0.4, -0.2) is 40.6 Å². The lowest BCUT2D eigenvalue weighted by atomic mass is 10.1. The molecule has 0 fully saturated rings. The van der Waals surface area contributed by atoms with Crippen molar-refractivity contribution in [2.45, 2.75) is 19.4 Å². The number of rotatable bonds is 6. The molecule has 108 valence electrons. The van der Waals surface area contributed by atoms with E-state index in [4.69, 9.17) is 10.2 Å². The van der Waals surface area contributed by atoms with Gasteiger partial charge in [0.25, 0.3) is 0 Å². The Morgan fingerprint density at radius 3 is 2.55 bits per heavy atom. The molecule has 0 aromatic heterocycles. The summed E-state index contributed by atoms with van der Waals surface area (Å²) in [6.07, 6.45) is -0.0871. The minimum atomic E-state index is -1.23. The van der Waals surface area contributed by atoms with Gasteiger partial charge >= 0.3 is 12.0 Å². The van der Waals surface area contributed by atoms with Gasteiger partial charge in [-0.25, -0.2) is 9.59 Å². The minimum Gasteiger partial charge on any atom is -0.480 e. The lowest BCUT2D eigenvalue weighted by Crippen LogP contribution is -2.43. The largest absolute Gasteiger partial charge is 0.480 e. The van der Waals surface area contributed by atoms with Gasteiger partial charge in [0.2, 0.25) is 0 Å². The van der Waals surface area contributed by atoms with Crippen LogP contribution in [0.5, 0.6) is 0 Å². The van der Waals surface area contributed by atoms with Gasteiger partial charge in [-0.3, -0.25) is 4.79 Å². The Hall–Kier alpha value is -2.41. The summed E-state index contributed by atoms with van der Waals surface area (Å²) in [5, 5.41) is 22.2. The highest BCUT2D eigenvalue weighted by Crippen LogP contribution is 2.11. The van der Waals surface area contributed by atoms with E-state index in [1.54, 1.807) is 18.2 Å². The fraction of sp³-hybridized carbons (Fsp3) is 0.308. The molecule has 0 aliphatic carbocycles. The molecule has 0 aliphatic heterocycles. The molecule has 1 rings (SSSR count). The number of benzene rings is 1. The van der Waals surface area contributed by atoms with Gasteiger partial charge in [0, 0.05) is 24.3 Å². The third kappa shape index (κ3) is 4.69. The number of carboxylic acid groups (broad SMARTS) is 1. The predicted octanol–water partition coefficient (Wildman–Crippen LogP) is 0.846. The molecule has 0 saturated heterocycles. The number of hydrogen-bond acceptors (Lipinski definition) is 4. The summed E-state index contributed by atoms with van der Waals surface area (Å²) in [7, 11) is 0. The molecular weight excluding hydrogens is 264 g/mol. The van der Waals surface area contributed by atoms with Crippen molar-refractivity contribution in [2.75, 3.05) is 11.9 Å². The Morgan fingerprint density at radius 2 is 2.00 bits per heavy atom. The number of anilines is 1. The van der Waals surface area contributed by atoms with Crippen molar-refractivity contribution >= 4 is 23.5 Å². The predicted molar refractivity (Wildman–Crippen MR) is 71.7 cm³/mol. The highest BCUT2D eigenvalue weighted by molar-refractivity contribution is 5.97. The number of amides is 2. The fourth-order valence-corrected chi connectivity index (χ4v) is 1.53. The molecule has 4 N–H and O–H groups in total. The number of nitrogens with one attached hydrogen (secondary N) is 2. The van der Waals surface area contributed by atoms with Crippen molar-refractivity contribution in [3.8, 4) is 0 Å². The third-order valence-electron chi connectivity index (χ3n) is 2.55. The van der Waals surface area contributed by atoms with Crippen molar-refractivity contribution in [3.05, 3.63) is 29.8 Å². The van der Waals surface area contributed by atoms with E-state index in [1.165, 1.54) is 13.0 Å². The Bertz CT molecular complexity index is 515. The molecule has 2 amide bonds. The number of urea groups is 1. The van der Waals surface area contributed by atoms with Crippen molar-refractivity contribution in [2.24, 2.45) is 0 Å². The van der Waals surface area contributed by atoms with E-state index in [1.807, 2.05) is 0 Å². The number of ketones is 1. The van der Waals surface area contributed by atoms with Crippen LogP contribution in [0.15, 0.2) is 24.3 Å².